The van der Waals surface area contributed by atoms with E-state index < -0.39 is 17.9 Å². The third-order valence-corrected chi connectivity index (χ3v) is 3.51. The van der Waals surface area contributed by atoms with Crippen LogP contribution < -0.4 is 4.90 Å². The molecule has 1 N–H and O–H groups in total. The van der Waals surface area contributed by atoms with Gasteiger partial charge in [0.25, 0.3) is 5.91 Å². The van der Waals surface area contributed by atoms with Gasteiger partial charge in [0.2, 0.25) is 0 Å². The predicted octanol–water partition coefficient (Wildman–Crippen LogP) is 1.79. The van der Waals surface area contributed by atoms with Crippen LogP contribution in [0.15, 0.2) is 36.7 Å². The molecule has 0 saturated carbocycles. The van der Waals surface area contributed by atoms with Crippen LogP contribution in [0.5, 0.6) is 0 Å². The van der Waals surface area contributed by atoms with Crippen LogP contribution in [-0.2, 0) is 11.2 Å². The molecular formula is C14H10ClN3O3. The number of para-hydroxylation sites is 1. The topological polar surface area (TPSA) is 83.4 Å². The third kappa shape index (κ3) is 2.34. The zero-order valence-electron chi connectivity index (χ0n) is 10.7. The molecule has 1 aromatic carbocycles. The summed E-state index contributed by atoms with van der Waals surface area (Å²) in [6.07, 6.45) is 2.77. The van der Waals surface area contributed by atoms with Crippen molar-refractivity contribution in [3.63, 3.8) is 0 Å². The lowest BCUT2D eigenvalue weighted by Gasteiger charge is -2.22. The highest BCUT2D eigenvalue weighted by Crippen LogP contribution is 2.33. The molecule has 0 aliphatic carbocycles. The van der Waals surface area contributed by atoms with Crippen molar-refractivity contribution in [2.24, 2.45) is 0 Å². The fraction of sp³-hybridized carbons (Fsp3) is 0.143. The average Bonchev–Trinajstić information content (AvgIpc) is 2.87. The van der Waals surface area contributed by atoms with E-state index in [1.165, 1.54) is 17.3 Å². The quantitative estimate of drug-likeness (QED) is 0.914. The van der Waals surface area contributed by atoms with Gasteiger partial charge in [-0.1, -0.05) is 29.8 Å². The minimum absolute atomic E-state index is 0.0577. The van der Waals surface area contributed by atoms with Crippen molar-refractivity contribution in [1.82, 2.24) is 9.97 Å². The van der Waals surface area contributed by atoms with E-state index in [0.717, 1.165) is 5.56 Å². The number of halogens is 1. The predicted molar refractivity (Wildman–Crippen MR) is 75.4 cm³/mol. The second kappa shape index (κ2) is 5.14. The molecule has 7 heteroatoms. The molecule has 1 aliphatic rings. The number of benzene rings is 1. The van der Waals surface area contributed by atoms with Crippen LogP contribution in [0.3, 0.4) is 0 Å². The van der Waals surface area contributed by atoms with Crippen molar-refractivity contribution >= 4 is 29.2 Å². The molecular weight excluding hydrogens is 294 g/mol. The Morgan fingerprint density at radius 3 is 2.67 bits per heavy atom. The van der Waals surface area contributed by atoms with Gasteiger partial charge in [0.15, 0.2) is 0 Å². The van der Waals surface area contributed by atoms with E-state index in [1.54, 1.807) is 12.1 Å². The number of carbonyl (C=O) groups is 2. The number of aliphatic carboxylic acids is 1. The van der Waals surface area contributed by atoms with E-state index >= 15 is 0 Å². The van der Waals surface area contributed by atoms with Crippen molar-refractivity contribution in [2.45, 2.75) is 12.5 Å². The molecule has 0 spiro atoms. The van der Waals surface area contributed by atoms with Crippen LogP contribution in [0.2, 0.25) is 5.15 Å². The molecule has 1 aliphatic heterocycles. The SMILES string of the molecule is O=C(O)[C@@H]1Cc2ccccc2N1C(=O)c1cnc(Cl)cn1. The van der Waals surface area contributed by atoms with Crippen LogP contribution in [-0.4, -0.2) is 33.0 Å². The minimum atomic E-state index is -1.05. The van der Waals surface area contributed by atoms with E-state index in [9.17, 15) is 14.7 Å². The Hall–Kier alpha value is -2.47. The van der Waals surface area contributed by atoms with Gasteiger partial charge in [-0.15, -0.1) is 0 Å². The highest BCUT2D eigenvalue weighted by atomic mass is 35.5. The minimum Gasteiger partial charge on any atom is -0.480 e. The van der Waals surface area contributed by atoms with Crippen molar-refractivity contribution < 1.29 is 14.7 Å². The lowest BCUT2D eigenvalue weighted by atomic mass is 10.1. The smallest absolute Gasteiger partial charge is 0.327 e. The number of amides is 1. The molecule has 0 unspecified atom stereocenters. The molecule has 3 rings (SSSR count). The Morgan fingerprint density at radius 1 is 1.24 bits per heavy atom. The summed E-state index contributed by atoms with van der Waals surface area (Å²) < 4.78 is 0. The molecule has 0 bridgehead atoms. The Balaban J connectivity index is 2.03. The van der Waals surface area contributed by atoms with Gasteiger partial charge >= 0.3 is 5.97 Å². The molecule has 2 aromatic rings. The third-order valence-electron chi connectivity index (χ3n) is 3.32. The van der Waals surface area contributed by atoms with Gasteiger partial charge in [-0.05, 0) is 11.6 Å². The van der Waals surface area contributed by atoms with Crippen molar-refractivity contribution in [1.29, 1.82) is 0 Å². The highest BCUT2D eigenvalue weighted by molar-refractivity contribution is 6.29. The van der Waals surface area contributed by atoms with Crippen LogP contribution in [0.25, 0.3) is 0 Å². The summed E-state index contributed by atoms with van der Waals surface area (Å²) >= 11 is 5.64. The summed E-state index contributed by atoms with van der Waals surface area (Å²) in [7, 11) is 0. The number of anilines is 1. The number of carboxylic acid groups (broad SMARTS) is 1. The molecule has 2 heterocycles. The Morgan fingerprint density at radius 2 is 2.00 bits per heavy atom. The Bertz CT molecular complexity index is 718. The lowest BCUT2D eigenvalue weighted by Crippen LogP contribution is -2.43. The molecule has 1 amide bonds. The van der Waals surface area contributed by atoms with Crippen LogP contribution in [0, 0.1) is 0 Å². The summed E-state index contributed by atoms with van der Waals surface area (Å²) in [5, 5.41) is 9.51. The number of rotatable bonds is 2. The monoisotopic (exact) mass is 303 g/mol. The Kier molecular flexibility index (Phi) is 3.31. The van der Waals surface area contributed by atoms with E-state index in [2.05, 4.69) is 9.97 Å². The van der Waals surface area contributed by atoms with Crippen LogP contribution in [0.1, 0.15) is 16.1 Å². The van der Waals surface area contributed by atoms with Gasteiger partial charge in [0.05, 0.1) is 12.4 Å². The van der Waals surface area contributed by atoms with Gasteiger partial charge in [0, 0.05) is 12.1 Å². The van der Waals surface area contributed by atoms with Gasteiger partial charge in [-0.2, -0.15) is 0 Å². The highest BCUT2D eigenvalue weighted by Gasteiger charge is 2.39. The maximum Gasteiger partial charge on any atom is 0.327 e. The van der Waals surface area contributed by atoms with Crippen LogP contribution >= 0.6 is 11.6 Å². The fourth-order valence-electron chi connectivity index (χ4n) is 2.38. The first-order valence-corrected chi connectivity index (χ1v) is 6.57. The first-order valence-electron chi connectivity index (χ1n) is 6.20. The van der Waals surface area contributed by atoms with Crippen molar-refractivity contribution in [2.75, 3.05) is 4.90 Å². The largest absolute Gasteiger partial charge is 0.480 e. The van der Waals surface area contributed by atoms with Gasteiger partial charge in [-0.3, -0.25) is 9.69 Å². The first kappa shape index (κ1) is 13.5. The molecule has 6 nitrogen and oxygen atoms in total. The van der Waals surface area contributed by atoms with E-state index in [4.69, 9.17) is 11.6 Å². The zero-order valence-corrected chi connectivity index (χ0v) is 11.5. The Labute approximate surface area is 125 Å². The zero-order chi connectivity index (χ0) is 15.0. The van der Waals surface area contributed by atoms with E-state index in [0.29, 0.717) is 5.69 Å². The van der Waals surface area contributed by atoms with Crippen molar-refractivity contribution in [3.8, 4) is 0 Å². The van der Waals surface area contributed by atoms with Gasteiger partial charge in [0.1, 0.15) is 16.9 Å². The van der Waals surface area contributed by atoms with E-state index in [-0.39, 0.29) is 17.3 Å². The maximum absolute atomic E-state index is 12.6. The molecule has 0 fully saturated rings. The normalized spacial score (nSPS) is 16.6. The number of aromatic nitrogens is 2. The van der Waals surface area contributed by atoms with E-state index in [1.807, 2.05) is 12.1 Å². The van der Waals surface area contributed by atoms with Crippen LogP contribution in [0.4, 0.5) is 5.69 Å². The number of fused-ring (bicyclic) bond motifs is 1. The summed E-state index contributed by atoms with van der Waals surface area (Å²) in [6, 6.07) is 6.17. The molecule has 106 valence electrons. The standard InChI is InChI=1S/C14H10ClN3O3/c15-12-7-16-9(6-17-12)13(19)18-10-4-2-1-3-8(10)5-11(18)14(20)21/h1-4,6-7,11H,5H2,(H,20,21)/t11-/m0/s1. The summed E-state index contributed by atoms with van der Waals surface area (Å²) in [5.74, 6) is -1.56. The molecule has 0 saturated heterocycles. The number of carbonyl (C=O) groups excluding carboxylic acids is 1. The maximum atomic E-state index is 12.6. The second-order valence-electron chi connectivity index (χ2n) is 4.59. The summed E-state index contributed by atoms with van der Waals surface area (Å²) in [4.78, 5) is 32.9. The average molecular weight is 304 g/mol. The number of nitrogens with zero attached hydrogens (tertiary/aromatic N) is 3. The second-order valence-corrected chi connectivity index (χ2v) is 4.97. The lowest BCUT2D eigenvalue weighted by molar-refractivity contribution is -0.138. The fourth-order valence-corrected chi connectivity index (χ4v) is 2.48. The number of hydrogen-bond donors (Lipinski definition) is 1. The molecule has 0 radical (unpaired) electrons. The molecule has 1 atom stereocenters. The molecule has 1 aromatic heterocycles. The summed E-state index contributed by atoms with van der Waals surface area (Å²) in [6.45, 7) is 0. The van der Waals surface area contributed by atoms with Gasteiger partial charge in [-0.25, -0.2) is 14.8 Å². The van der Waals surface area contributed by atoms with Gasteiger partial charge < -0.3 is 5.11 Å². The summed E-state index contributed by atoms with van der Waals surface area (Å²) in [5.41, 5.74) is 1.47. The number of hydrogen-bond acceptors (Lipinski definition) is 4. The molecule has 21 heavy (non-hydrogen) atoms. The van der Waals surface area contributed by atoms with Crippen molar-refractivity contribution in [3.05, 3.63) is 53.1 Å². The number of carboxylic acids is 1. The first-order chi connectivity index (χ1) is 10.1.